The Morgan fingerprint density at radius 2 is 1.86 bits per heavy atom. The zero-order valence-corrected chi connectivity index (χ0v) is 26.1. The number of nitrogens with one attached hydrogen (secondary N) is 1. The van der Waals surface area contributed by atoms with Crippen LogP contribution >= 0.6 is 0 Å². The van der Waals surface area contributed by atoms with Crippen LogP contribution in [-0.4, -0.2) is 48.0 Å². The number of benzene rings is 2. The van der Waals surface area contributed by atoms with E-state index in [-0.39, 0.29) is 42.6 Å². The van der Waals surface area contributed by atoms with Crippen LogP contribution in [0.3, 0.4) is 0 Å². The summed E-state index contributed by atoms with van der Waals surface area (Å²) in [6, 6.07) is 7.36. The number of alkyl halides is 3. The number of carbonyl (C=O) groups excluding carboxylic acids is 2. The van der Waals surface area contributed by atoms with Crippen LogP contribution in [0.15, 0.2) is 41.4 Å². The summed E-state index contributed by atoms with van der Waals surface area (Å²) in [4.78, 5) is 32.8. The fraction of sp³-hybridized carbons (Fsp3) is 0.545. The van der Waals surface area contributed by atoms with Crippen LogP contribution in [0, 0.1) is 0 Å². The standard InChI is InChI=1S/C31H37F3N4O4.C2H6/c1-30(2)17-24-22-14-18(8-11-26(22)42-30)6-4-5-7-20-16-27(39)38(29(35)36-20)25(12-13-41-3)21-15-19(28(40)37-24)9-10-23(21)31(32,33)34;1-2/h8-11,14-15,20,24-25H,4-7,12-13,16-17H2,1-3H3,(H2,35,36)(H,37,40);1-2H3. The zero-order chi connectivity index (χ0) is 32.2. The van der Waals surface area contributed by atoms with Gasteiger partial charge in [0.25, 0.3) is 5.91 Å². The van der Waals surface area contributed by atoms with E-state index >= 15 is 0 Å². The number of methoxy groups -OCH3 is 1. The summed E-state index contributed by atoms with van der Waals surface area (Å²) in [6.45, 7) is 7.93. The molecule has 4 aliphatic rings. The number of nitrogens with two attached hydrogens (primary N) is 1. The van der Waals surface area contributed by atoms with E-state index in [0.717, 1.165) is 41.4 Å². The van der Waals surface area contributed by atoms with Gasteiger partial charge in [-0.1, -0.05) is 32.4 Å². The first kappa shape index (κ1) is 33.3. The van der Waals surface area contributed by atoms with E-state index in [2.05, 4.69) is 10.3 Å². The number of hydrogen-bond acceptors (Lipinski definition) is 6. The van der Waals surface area contributed by atoms with E-state index in [1.54, 1.807) is 0 Å². The second kappa shape index (κ2) is 13.6. The van der Waals surface area contributed by atoms with Gasteiger partial charge in [0.2, 0.25) is 5.91 Å². The van der Waals surface area contributed by atoms with Gasteiger partial charge in [-0.2, -0.15) is 13.2 Å². The molecule has 4 heterocycles. The number of carbonyl (C=O) groups is 2. The van der Waals surface area contributed by atoms with E-state index in [4.69, 9.17) is 15.2 Å². The molecular formula is C33H43F3N4O4. The van der Waals surface area contributed by atoms with Crippen molar-refractivity contribution in [3.8, 4) is 5.75 Å². The number of nitrogens with zero attached hydrogens (tertiary/aromatic N) is 2. The van der Waals surface area contributed by atoms with Crippen LogP contribution in [-0.2, 0) is 22.1 Å². The van der Waals surface area contributed by atoms with Crippen LogP contribution < -0.4 is 15.8 Å². The molecule has 4 aliphatic heterocycles. The van der Waals surface area contributed by atoms with Gasteiger partial charge >= 0.3 is 6.18 Å². The molecule has 0 aromatic heterocycles. The molecule has 3 unspecified atom stereocenters. The maximum Gasteiger partial charge on any atom is 0.416 e. The summed E-state index contributed by atoms with van der Waals surface area (Å²) in [5.74, 6) is -0.369. The summed E-state index contributed by atoms with van der Waals surface area (Å²) < 4.78 is 54.4. The highest BCUT2D eigenvalue weighted by atomic mass is 19.4. The van der Waals surface area contributed by atoms with Crippen molar-refractivity contribution in [1.82, 2.24) is 10.2 Å². The molecule has 2 aromatic carbocycles. The monoisotopic (exact) mass is 616 g/mol. The van der Waals surface area contributed by atoms with Crippen LogP contribution in [0.1, 0.15) is 111 Å². The Morgan fingerprint density at radius 1 is 1.11 bits per heavy atom. The summed E-state index contributed by atoms with van der Waals surface area (Å²) in [5.41, 5.74) is 6.52. The van der Waals surface area contributed by atoms with Gasteiger partial charge < -0.3 is 20.5 Å². The molecule has 0 fully saturated rings. The fourth-order valence-corrected chi connectivity index (χ4v) is 6.25. The quantitative estimate of drug-likeness (QED) is 0.411. The van der Waals surface area contributed by atoms with E-state index in [0.29, 0.717) is 18.6 Å². The molecule has 3 atom stereocenters. The first-order chi connectivity index (χ1) is 20.9. The van der Waals surface area contributed by atoms with Crippen LogP contribution in [0.4, 0.5) is 13.2 Å². The number of aliphatic imine (C=N–C) groups is 1. The minimum Gasteiger partial charge on any atom is -0.487 e. The normalized spacial score (nSPS) is 23.3. The van der Waals surface area contributed by atoms with E-state index in [1.165, 1.54) is 19.2 Å². The predicted octanol–water partition coefficient (Wildman–Crippen LogP) is 6.48. The molecule has 6 bridgehead atoms. The Hall–Kier alpha value is -3.60. The molecule has 2 amide bonds. The number of rotatable bonds is 3. The third kappa shape index (κ3) is 7.36. The smallest absolute Gasteiger partial charge is 0.416 e. The number of hydrogen-bond donors (Lipinski definition) is 2. The minimum absolute atomic E-state index is 0.0293. The summed E-state index contributed by atoms with van der Waals surface area (Å²) in [5, 5.41) is 3.05. The van der Waals surface area contributed by atoms with Gasteiger partial charge in [-0.3, -0.25) is 14.5 Å². The van der Waals surface area contributed by atoms with E-state index < -0.39 is 41.2 Å². The van der Waals surface area contributed by atoms with Crippen molar-refractivity contribution in [2.75, 3.05) is 13.7 Å². The molecule has 0 spiro atoms. The SMILES string of the molecule is CC.COCCC1c2cc(ccc2C(F)(F)F)C(=O)NC2CC(C)(C)Oc3ccc(cc32)CCCCC2CC(=O)N1C(N)=N2. The molecule has 0 radical (unpaired) electrons. The molecule has 44 heavy (non-hydrogen) atoms. The molecule has 0 saturated heterocycles. The largest absolute Gasteiger partial charge is 0.487 e. The Balaban J connectivity index is 0.00000216. The number of halogens is 3. The van der Waals surface area contributed by atoms with Gasteiger partial charge in [-0.25, -0.2) is 4.99 Å². The maximum absolute atomic E-state index is 14.3. The van der Waals surface area contributed by atoms with Crippen LogP contribution in [0.25, 0.3) is 0 Å². The molecule has 0 aliphatic carbocycles. The molecule has 2 aromatic rings. The highest BCUT2D eigenvalue weighted by molar-refractivity contribution is 5.99. The van der Waals surface area contributed by atoms with Crippen molar-refractivity contribution in [2.45, 2.75) is 103 Å². The van der Waals surface area contributed by atoms with E-state index in [1.807, 2.05) is 45.9 Å². The first-order valence-corrected chi connectivity index (χ1v) is 15.3. The van der Waals surface area contributed by atoms with Crippen molar-refractivity contribution < 1.29 is 32.2 Å². The van der Waals surface area contributed by atoms with Crippen molar-refractivity contribution >= 4 is 17.8 Å². The van der Waals surface area contributed by atoms with Crippen molar-refractivity contribution in [2.24, 2.45) is 10.7 Å². The fourth-order valence-electron chi connectivity index (χ4n) is 6.25. The van der Waals surface area contributed by atoms with Gasteiger partial charge in [0.1, 0.15) is 11.4 Å². The highest BCUT2D eigenvalue weighted by Gasteiger charge is 2.41. The Bertz CT molecular complexity index is 1390. The summed E-state index contributed by atoms with van der Waals surface area (Å²) in [7, 11) is 1.43. The Labute approximate surface area is 257 Å². The van der Waals surface area contributed by atoms with Crippen molar-refractivity contribution in [3.05, 3.63) is 64.2 Å². The number of amides is 2. The summed E-state index contributed by atoms with van der Waals surface area (Å²) in [6.07, 6.45) is -1.11. The van der Waals surface area contributed by atoms with Gasteiger partial charge in [0, 0.05) is 37.7 Å². The zero-order valence-electron chi connectivity index (χ0n) is 26.1. The lowest BCUT2D eigenvalue weighted by atomic mass is 9.87. The molecule has 240 valence electrons. The van der Waals surface area contributed by atoms with Gasteiger partial charge in [-0.05, 0) is 74.9 Å². The minimum atomic E-state index is -4.74. The number of aryl methyl sites for hydroxylation is 1. The van der Waals surface area contributed by atoms with Crippen LogP contribution in [0.5, 0.6) is 5.75 Å². The van der Waals surface area contributed by atoms with Crippen LogP contribution in [0.2, 0.25) is 0 Å². The Kier molecular flexibility index (Phi) is 10.3. The third-order valence-corrected chi connectivity index (χ3v) is 8.22. The molecule has 0 saturated carbocycles. The number of guanidine groups is 1. The van der Waals surface area contributed by atoms with E-state index in [9.17, 15) is 22.8 Å². The van der Waals surface area contributed by atoms with Crippen molar-refractivity contribution in [1.29, 1.82) is 0 Å². The number of fused-ring (bicyclic) bond motifs is 5. The predicted molar refractivity (Wildman–Crippen MR) is 162 cm³/mol. The maximum atomic E-state index is 14.3. The lowest BCUT2D eigenvalue weighted by Crippen LogP contribution is -2.49. The first-order valence-electron chi connectivity index (χ1n) is 15.3. The molecular weight excluding hydrogens is 573 g/mol. The second-order valence-corrected chi connectivity index (χ2v) is 11.9. The highest BCUT2D eigenvalue weighted by Crippen LogP contribution is 2.42. The molecule has 3 N–H and O–H groups in total. The summed E-state index contributed by atoms with van der Waals surface area (Å²) >= 11 is 0. The van der Waals surface area contributed by atoms with Gasteiger partial charge in [0.15, 0.2) is 5.96 Å². The molecule has 6 rings (SSSR count). The lowest BCUT2D eigenvalue weighted by molar-refractivity contribution is -0.140. The average Bonchev–Trinajstić information content (AvgIpc) is 2.96. The van der Waals surface area contributed by atoms with Gasteiger partial charge in [0.05, 0.1) is 23.7 Å². The van der Waals surface area contributed by atoms with Gasteiger partial charge in [-0.15, -0.1) is 0 Å². The Morgan fingerprint density at radius 3 is 2.55 bits per heavy atom. The number of ether oxygens (including phenoxy) is 2. The lowest BCUT2D eigenvalue weighted by Gasteiger charge is -2.38. The second-order valence-electron chi connectivity index (χ2n) is 11.9. The third-order valence-electron chi connectivity index (χ3n) is 8.22. The average molecular weight is 617 g/mol. The topological polar surface area (TPSA) is 106 Å². The van der Waals surface area contributed by atoms with Crippen molar-refractivity contribution in [3.63, 3.8) is 0 Å². The molecule has 11 heteroatoms. The molecule has 8 nitrogen and oxygen atoms in total.